The highest BCUT2D eigenvalue weighted by Gasteiger charge is 2.06. The Labute approximate surface area is 120 Å². The first-order valence-corrected chi connectivity index (χ1v) is 6.94. The molecule has 2 N–H and O–H groups in total. The lowest BCUT2D eigenvalue weighted by Gasteiger charge is -2.04. The first-order valence-electron chi connectivity index (χ1n) is 6.06. The lowest BCUT2D eigenvalue weighted by atomic mass is 10.2. The number of thiophene rings is 1. The molecule has 0 aliphatic heterocycles. The minimum absolute atomic E-state index is 0.0567. The Morgan fingerprint density at radius 1 is 1.55 bits per heavy atom. The number of aliphatic hydroxyl groups excluding tert-OH is 1. The second-order valence-electron chi connectivity index (χ2n) is 3.91. The van der Waals surface area contributed by atoms with Crippen molar-refractivity contribution in [2.45, 2.75) is 19.5 Å². The number of hydrogen-bond acceptors (Lipinski definition) is 5. The van der Waals surface area contributed by atoms with Gasteiger partial charge in [-0.1, -0.05) is 17.1 Å². The van der Waals surface area contributed by atoms with Crippen LogP contribution in [0.15, 0.2) is 23.8 Å². The summed E-state index contributed by atoms with van der Waals surface area (Å²) in [6.07, 6.45) is 3.62. The summed E-state index contributed by atoms with van der Waals surface area (Å²) < 4.78 is 1.46. The van der Waals surface area contributed by atoms with Gasteiger partial charge in [0.05, 0.1) is 19.3 Å². The van der Waals surface area contributed by atoms with Gasteiger partial charge in [-0.05, 0) is 11.4 Å². The highest BCUT2D eigenvalue weighted by Crippen LogP contribution is 2.15. The number of amides is 1. The number of rotatable bonds is 5. The summed E-state index contributed by atoms with van der Waals surface area (Å²) in [5.41, 5.74) is 0.893. The Kier molecular flexibility index (Phi) is 5.29. The Morgan fingerprint density at radius 3 is 3.20 bits per heavy atom. The molecule has 0 atom stereocenters. The number of aromatic nitrogens is 3. The van der Waals surface area contributed by atoms with Crippen LogP contribution in [0.5, 0.6) is 0 Å². The van der Waals surface area contributed by atoms with Crippen LogP contribution < -0.4 is 5.32 Å². The number of carbonyl (C=O) groups excluding carboxylic acids is 1. The topological polar surface area (TPSA) is 80.0 Å². The summed E-state index contributed by atoms with van der Waals surface area (Å²) in [7, 11) is 0. The fourth-order valence-corrected chi connectivity index (χ4v) is 2.27. The van der Waals surface area contributed by atoms with Crippen LogP contribution in [0.4, 0.5) is 0 Å². The molecule has 2 aromatic heterocycles. The molecule has 7 heteroatoms. The molecule has 0 saturated heterocycles. The van der Waals surface area contributed by atoms with Crippen LogP contribution in [0, 0.1) is 11.8 Å². The number of nitrogens with zero attached hydrogens (tertiary/aromatic N) is 3. The van der Waals surface area contributed by atoms with Crippen LogP contribution in [0.1, 0.15) is 16.9 Å². The molecule has 0 aliphatic carbocycles. The molecule has 0 saturated carbocycles. The van der Waals surface area contributed by atoms with Crippen molar-refractivity contribution < 1.29 is 9.90 Å². The van der Waals surface area contributed by atoms with Gasteiger partial charge in [-0.25, -0.2) is 4.68 Å². The molecule has 0 radical (unpaired) electrons. The maximum atomic E-state index is 11.7. The van der Waals surface area contributed by atoms with Gasteiger partial charge < -0.3 is 10.4 Å². The van der Waals surface area contributed by atoms with Gasteiger partial charge in [0, 0.05) is 23.1 Å². The summed E-state index contributed by atoms with van der Waals surface area (Å²) in [6.45, 7) is 0.645. The van der Waals surface area contributed by atoms with Gasteiger partial charge in [0.15, 0.2) is 0 Å². The molecule has 6 nitrogen and oxygen atoms in total. The Bertz CT molecular complexity index is 610. The summed E-state index contributed by atoms with van der Waals surface area (Å²) in [6, 6.07) is 1.91. The Morgan fingerprint density at radius 2 is 2.45 bits per heavy atom. The summed E-state index contributed by atoms with van der Waals surface area (Å²) >= 11 is 1.54. The summed E-state index contributed by atoms with van der Waals surface area (Å²) in [5.74, 6) is 5.73. The van der Waals surface area contributed by atoms with E-state index in [1.807, 2.05) is 11.4 Å². The van der Waals surface area contributed by atoms with Gasteiger partial charge in [0.1, 0.15) is 6.54 Å². The van der Waals surface area contributed by atoms with Gasteiger partial charge in [-0.3, -0.25) is 4.79 Å². The SMILES string of the molecule is O=C(Cn1ccnn1)NCc1sccc1C#CCCO. The lowest BCUT2D eigenvalue weighted by Crippen LogP contribution is -2.27. The third-order valence-electron chi connectivity index (χ3n) is 2.43. The highest BCUT2D eigenvalue weighted by atomic mass is 32.1. The van der Waals surface area contributed by atoms with E-state index in [2.05, 4.69) is 27.5 Å². The normalized spacial score (nSPS) is 9.85. The predicted octanol–water partition coefficient (Wildman–Crippen LogP) is 0.390. The highest BCUT2D eigenvalue weighted by molar-refractivity contribution is 7.10. The zero-order valence-electron chi connectivity index (χ0n) is 10.7. The van der Waals surface area contributed by atoms with Crippen molar-refractivity contribution >= 4 is 17.2 Å². The van der Waals surface area contributed by atoms with E-state index in [4.69, 9.17) is 5.11 Å². The second-order valence-corrected chi connectivity index (χ2v) is 4.91. The van der Waals surface area contributed by atoms with Crippen LogP contribution in [0.2, 0.25) is 0 Å². The molecule has 20 heavy (non-hydrogen) atoms. The first kappa shape index (κ1) is 14.2. The third kappa shape index (κ3) is 4.19. The van der Waals surface area contributed by atoms with Crippen molar-refractivity contribution in [1.82, 2.24) is 20.3 Å². The monoisotopic (exact) mass is 290 g/mol. The molecule has 0 spiro atoms. The molecule has 0 bridgehead atoms. The van der Waals surface area contributed by atoms with E-state index < -0.39 is 0 Å². The Balaban J connectivity index is 1.86. The average molecular weight is 290 g/mol. The van der Waals surface area contributed by atoms with E-state index >= 15 is 0 Å². The van der Waals surface area contributed by atoms with E-state index in [9.17, 15) is 4.79 Å². The fourth-order valence-electron chi connectivity index (χ4n) is 1.50. The molecule has 2 heterocycles. The van der Waals surface area contributed by atoms with Crippen molar-refractivity contribution in [1.29, 1.82) is 0 Å². The quantitative estimate of drug-likeness (QED) is 0.781. The maximum Gasteiger partial charge on any atom is 0.242 e. The van der Waals surface area contributed by atoms with Crippen molar-refractivity contribution in [2.75, 3.05) is 6.61 Å². The van der Waals surface area contributed by atoms with Gasteiger partial charge in [0.25, 0.3) is 0 Å². The minimum Gasteiger partial charge on any atom is -0.395 e. The standard InChI is InChI=1S/C13H14N4O2S/c18-7-2-1-3-11-4-8-20-12(11)9-14-13(19)10-17-6-5-15-16-17/h4-6,8,18H,2,7,9-10H2,(H,14,19). The van der Waals surface area contributed by atoms with E-state index in [-0.39, 0.29) is 19.1 Å². The largest absolute Gasteiger partial charge is 0.395 e. The van der Waals surface area contributed by atoms with Gasteiger partial charge in [-0.2, -0.15) is 0 Å². The molecule has 0 unspecified atom stereocenters. The second kappa shape index (κ2) is 7.43. The molecule has 2 aromatic rings. The predicted molar refractivity (Wildman–Crippen MR) is 74.8 cm³/mol. The molecule has 104 valence electrons. The van der Waals surface area contributed by atoms with Crippen molar-refractivity contribution in [3.05, 3.63) is 34.3 Å². The maximum absolute atomic E-state index is 11.7. The molecular formula is C13H14N4O2S. The molecule has 0 fully saturated rings. The van der Waals surface area contributed by atoms with Crippen molar-refractivity contribution in [2.24, 2.45) is 0 Å². The van der Waals surface area contributed by atoms with Crippen LogP contribution in [-0.2, 0) is 17.9 Å². The molecule has 2 rings (SSSR count). The van der Waals surface area contributed by atoms with Crippen LogP contribution in [-0.4, -0.2) is 32.6 Å². The van der Waals surface area contributed by atoms with Crippen LogP contribution in [0.3, 0.4) is 0 Å². The molecule has 0 aromatic carbocycles. The van der Waals surface area contributed by atoms with Gasteiger partial charge in [-0.15, -0.1) is 16.4 Å². The van der Waals surface area contributed by atoms with E-state index in [0.29, 0.717) is 13.0 Å². The van der Waals surface area contributed by atoms with Gasteiger partial charge >= 0.3 is 0 Å². The lowest BCUT2D eigenvalue weighted by molar-refractivity contribution is -0.122. The van der Waals surface area contributed by atoms with Crippen molar-refractivity contribution in [3.8, 4) is 11.8 Å². The van der Waals surface area contributed by atoms with Crippen LogP contribution in [0.25, 0.3) is 0 Å². The molecular weight excluding hydrogens is 276 g/mol. The molecule has 0 aliphatic rings. The Hall–Kier alpha value is -2.17. The smallest absolute Gasteiger partial charge is 0.242 e. The van der Waals surface area contributed by atoms with Crippen LogP contribution >= 0.6 is 11.3 Å². The summed E-state index contributed by atoms with van der Waals surface area (Å²) in [4.78, 5) is 12.7. The van der Waals surface area contributed by atoms with E-state index in [1.54, 1.807) is 17.5 Å². The zero-order valence-corrected chi connectivity index (χ0v) is 11.6. The summed E-state index contributed by atoms with van der Waals surface area (Å²) in [5, 5.41) is 20.8. The van der Waals surface area contributed by atoms with E-state index in [1.165, 1.54) is 10.9 Å². The zero-order chi connectivity index (χ0) is 14.2. The molecule has 1 amide bonds. The number of hydrogen-bond donors (Lipinski definition) is 2. The number of nitrogens with one attached hydrogen (secondary N) is 1. The third-order valence-corrected chi connectivity index (χ3v) is 3.35. The first-order chi connectivity index (χ1) is 9.79. The van der Waals surface area contributed by atoms with Crippen molar-refractivity contribution in [3.63, 3.8) is 0 Å². The minimum atomic E-state index is -0.127. The van der Waals surface area contributed by atoms with Gasteiger partial charge in [0.2, 0.25) is 5.91 Å². The number of carbonyl (C=O) groups is 1. The number of aliphatic hydroxyl groups is 1. The fraction of sp³-hybridized carbons (Fsp3) is 0.308. The van der Waals surface area contributed by atoms with E-state index in [0.717, 1.165) is 10.4 Å². The average Bonchev–Trinajstić information content (AvgIpc) is 3.08.